The lowest BCUT2D eigenvalue weighted by atomic mass is 10.3. The fourth-order valence-corrected chi connectivity index (χ4v) is 2.16. The molecule has 0 saturated carbocycles. The third-order valence-corrected chi connectivity index (χ3v) is 3.51. The second-order valence-electron chi connectivity index (χ2n) is 4.18. The van der Waals surface area contributed by atoms with E-state index in [9.17, 15) is 4.79 Å². The van der Waals surface area contributed by atoms with Crippen LogP contribution in [0.25, 0.3) is 0 Å². The Morgan fingerprint density at radius 2 is 2.26 bits per heavy atom. The van der Waals surface area contributed by atoms with Crippen LogP contribution in [0.3, 0.4) is 0 Å². The normalized spacial score (nSPS) is 12.0. The van der Waals surface area contributed by atoms with Crippen molar-refractivity contribution in [3.63, 3.8) is 0 Å². The molecule has 106 valence electrons. The number of hydrogen-bond donors (Lipinski definition) is 0. The SMILES string of the molecule is CCN(CCCBr)C(=O)C(C)Oc1cccc(Cl)c1. The van der Waals surface area contributed by atoms with E-state index < -0.39 is 6.10 Å². The maximum absolute atomic E-state index is 12.2. The quantitative estimate of drug-likeness (QED) is 0.703. The Morgan fingerprint density at radius 3 is 2.84 bits per heavy atom. The molecule has 19 heavy (non-hydrogen) atoms. The number of carbonyl (C=O) groups is 1. The zero-order chi connectivity index (χ0) is 14.3. The lowest BCUT2D eigenvalue weighted by Gasteiger charge is -2.24. The van der Waals surface area contributed by atoms with Crippen LogP contribution in [-0.2, 0) is 4.79 Å². The van der Waals surface area contributed by atoms with Gasteiger partial charge in [-0.05, 0) is 38.5 Å². The highest BCUT2D eigenvalue weighted by Gasteiger charge is 2.20. The molecule has 0 aromatic heterocycles. The number of nitrogens with zero attached hydrogens (tertiary/aromatic N) is 1. The van der Waals surface area contributed by atoms with E-state index in [0.29, 0.717) is 17.3 Å². The number of halogens is 2. The highest BCUT2D eigenvalue weighted by atomic mass is 79.9. The summed E-state index contributed by atoms with van der Waals surface area (Å²) >= 11 is 9.26. The predicted molar refractivity (Wildman–Crippen MR) is 82.2 cm³/mol. The van der Waals surface area contributed by atoms with Gasteiger partial charge in [0.25, 0.3) is 5.91 Å². The van der Waals surface area contributed by atoms with Gasteiger partial charge in [0.15, 0.2) is 6.10 Å². The summed E-state index contributed by atoms with van der Waals surface area (Å²) < 4.78 is 5.63. The zero-order valence-corrected chi connectivity index (χ0v) is 13.6. The summed E-state index contributed by atoms with van der Waals surface area (Å²) in [4.78, 5) is 14.0. The second-order valence-corrected chi connectivity index (χ2v) is 5.41. The van der Waals surface area contributed by atoms with Gasteiger partial charge in [-0.3, -0.25) is 4.79 Å². The fraction of sp³-hybridized carbons (Fsp3) is 0.500. The topological polar surface area (TPSA) is 29.5 Å². The molecule has 1 aromatic rings. The molecule has 1 amide bonds. The zero-order valence-electron chi connectivity index (χ0n) is 11.2. The van der Waals surface area contributed by atoms with Crippen molar-refractivity contribution in [2.75, 3.05) is 18.4 Å². The van der Waals surface area contributed by atoms with Crippen molar-refractivity contribution < 1.29 is 9.53 Å². The first kappa shape index (κ1) is 16.3. The van der Waals surface area contributed by atoms with Crippen molar-refractivity contribution in [2.45, 2.75) is 26.4 Å². The van der Waals surface area contributed by atoms with Gasteiger partial charge in [0.2, 0.25) is 0 Å². The van der Waals surface area contributed by atoms with E-state index in [1.807, 2.05) is 6.92 Å². The van der Waals surface area contributed by atoms with E-state index in [1.54, 1.807) is 36.1 Å². The summed E-state index contributed by atoms with van der Waals surface area (Å²) in [5.74, 6) is 0.619. The van der Waals surface area contributed by atoms with Crippen LogP contribution in [0.4, 0.5) is 0 Å². The van der Waals surface area contributed by atoms with Gasteiger partial charge in [-0.15, -0.1) is 0 Å². The Labute approximate surface area is 128 Å². The van der Waals surface area contributed by atoms with E-state index in [0.717, 1.165) is 18.3 Å². The van der Waals surface area contributed by atoms with Crippen LogP contribution in [0.2, 0.25) is 5.02 Å². The predicted octanol–water partition coefficient (Wildman–Crippen LogP) is 3.74. The van der Waals surface area contributed by atoms with Crippen LogP contribution in [0.15, 0.2) is 24.3 Å². The van der Waals surface area contributed by atoms with E-state index in [-0.39, 0.29) is 5.91 Å². The van der Waals surface area contributed by atoms with Crippen molar-refractivity contribution >= 4 is 33.4 Å². The molecule has 0 aliphatic heterocycles. The average Bonchev–Trinajstić information content (AvgIpc) is 2.39. The summed E-state index contributed by atoms with van der Waals surface area (Å²) in [5, 5.41) is 1.49. The van der Waals surface area contributed by atoms with Crippen LogP contribution in [-0.4, -0.2) is 35.3 Å². The van der Waals surface area contributed by atoms with Crippen LogP contribution < -0.4 is 4.74 Å². The number of amides is 1. The molecule has 3 nitrogen and oxygen atoms in total. The Morgan fingerprint density at radius 1 is 1.53 bits per heavy atom. The van der Waals surface area contributed by atoms with Crippen molar-refractivity contribution in [2.24, 2.45) is 0 Å². The molecular weight excluding hydrogens is 330 g/mol. The molecule has 0 radical (unpaired) electrons. The summed E-state index contributed by atoms with van der Waals surface area (Å²) in [6, 6.07) is 7.08. The average molecular weight is 349 g/mol. The standard InChI is InChI=1S/C14H19BrClNO2/c1-3-17(9-5-8-15)14(18)11(2)19-13-7-4-6-12(16)10-13/h4,6-7,10-11H,3,5,8-9H2,1-2H3. The molecular formula is C14H19BrClNO2. The highest BCUT2D eigenvalue weighted by Crippen LogP contribution is 2.18. The molecule has 1 unspecified atom stereocenters. The Kier molecular flexibility index (Phi) is 7.24. The number of benzene rings is 1. The van der Waals surface area contributed by atoms with E-state index >= 15 is 0 Å². The Balaban J connectivity index is 2.60. The van der Waals surface area contributed by atoms with Gasteiger partial charge in [0.1, 0.15) is 5.75 Å². The molecule has 1 rings (SSSR count). The minimum atomic E-state index is -0.506. The number of rotatable bonds is 7. The fourth-order valence-electron chi connectivity index (χ4n) is 1.73. The van der Waals surface area contributed by atoms with Gasteiger partial charge in [-0.1, -0.05) is 33.6 Å². The first-order valence-electron chi connectivity index (χ1n) is 6.35. The van der Waals surface area contributed by atoms with Crippen LogP contribution in [0.5, 0.6) is 5.75 Å². The maximum atomic E-state index is 12.2. The summed E-state index contributed by atoms with van der Waals surface area (Å²) in [6.45, 7) is 5.16. The summed E-state index contributed by atoms with van der Waals surface area (Å²) in [6.07, 6.45) is 0.428. The molecule has 0 heterocycles. The third kappa shape index (κ3) is 5.41. The molecule has 0 aliphatic carbocycles. The minimum absolute atomic E-state index is 0.00317. The van der Waals surface area contributed by atoms with Crippen LogP contribution in [0.1, 0.15) is 20.3 Å². The smallest absolute Gasteiger partial charge is 0.263 e. The van der Waals surface area contributed by atoms with Gasteiger partial charge in [0.05, 0.1) is 0 Å². The van der Waals surface area contributed by atoms with Gasteiger partial charge < -0.3 is 9.64 Å². The van der Waals surface area contributed by atoms with Crippen molar-refractivity contribution in [3.8, 4) is 5.75 Å². The van der Waals surface area contributed by atoms with E-state index in [4.69, 9.17) is 16.3 Å². The largest absolute Gasteiger partial charge is 0.481 e. The van der Waals surface area contributed by atoms with E-state index in [1.165, 1.54) is 0 Å². The monoisotopic (exact) mass is 347 g/mol. The molecule has 0 fully saturated rings. The van der Waals surface area contributed by atoms with E-state index in [2.05, 4.69) is 15.9 Å². The number of carbonyl (C=O) groups excluding carboxylic acids is 1. The molecule has 0 saturated heterocycles. The number of likely N-dealkylation sites (N-methyl/N-ethyl adjacent to an activating group) is 1. The molecule has 1 aromatic carbocycles. The summed E-state index contributed by atoms with van der Waals surface area (Å²) in [7, 11) is 0. The lowest BCUT2D eigenvalue weighted by molar-refractivity contribution is -0.137. The van der Waals surface area contributed by atoms with Crippen molar-refractivity contribution in [3.05, 3.63) is 29.3 Å². The molecule has 0 aliphatic rings. The minimum Gasteiger partial charge on any atom is -0.481 e. The Hall–Kier alpha value is -0.740. The maximum Gasteiger partial charge on any atom is 0.263 e. The molecule has 0 bridgehead atoms. The van der Waals surface area contributed by atoms with Crippen molar-refractivity contribution in [1.29, 1.82) is 0 Å². The lowest BCUT2D eigenvalue weighted by Crippen LogP contribution is -2.41. The van der Waals surface area contributed by atoms with Gasteiger partial charge in [-0.25, -0.2) is 0 Å². The highest BCUT2D eigenvalue weighted by molar-refractivity contribution is 9.09. The first-order valence-corrected chi connectivity index (χ1v) is 7.85. The van der Waals surface area contributed by atoms with Gasteiger partial charge in [0, 0.05) is 23.4 Å². The van der Waals surface area contributed by atoms with Crippen LogP contribution >= 0.6 is 27.5 Å². The molecule has 1 atom stereocenters. The molecule has 5 heteroatoms. The molecule has 0 N–H and O–H groups in total. The second kappa shape index (κ2) is 8.43. The number of alkyl halides is 1. The van der Waals surface area contributed by atoms with Crippen molar-refractivity contribution in [1.82, 2.24) is 4.90 Å². The molecule has 0 spiro atoms. The number of ether oxygens (including phenoxy) is 1. The van der Waals surface area contributed by atoms with Crippen LogP contribution in [0, 0.1) is 0 Å². The number of hydrogen-bond acceptors (Lipinski definition) is 2. The Bertz CT molecular complexity index is 414. The third-order valence-electron chi connectivity index (χ3n) is 2.71. The summed E-state index contributed by atoms with van der Waals surface area (Å²) in [5.41, 5.74) is 0. The first-order chi connectivity index (χ1) is 9.08. The van der Waals surface area contributed by atoms with Gasteiger partial charge in [-0.2, -0.15) is 0 Å². The van der Waals surface area contributed by atoms with Gasteiger partial charge >= 0.3 is 0 Å².